The number of piperidine rings is 1. The number of hydrogen-bond donors (Lipinski definition) is 1. The number of benzene rings is 2. The molecule has 1 atom stereocenters. The smallest absolute Gasteiger partial charge is 0.225 e. The van der Waals surface area contributed by atoms with E-state index < -0.39 is 0 Å². The maximum absolute atomic E-state index is 12.8. The summed E-state index contributed by atoms with van der Waals surface area (Å²) in [5.41, 5.74) is 3.31. The Morgan fingerprint density at radius 1 is 1.13 bits per heavy atom. The van der Waals surface area contributed by atoms with E-state index in [-0.39, 0.29) is 11.8 Å². The van der Waals surface area contributed by atoms with Gasteiger partial charge in [0.25, 0.3) is 0 Å². The monoisotopic (exact) mass is 464 g/mol. The van der Waals surface area contributed by atoms with Crippen LogP contribution >= 0.6 is 15.9 Å². The number of carbonyl (C=O) groups excluding carboxylic acids is 1. The van der Waals surface area contributed by atoms with Crippen LogP contribution in [0.2, 0.25) is 0 Å². The van der Waals surface area contributed by atoms with Crippen LogP contribution in [-0.4, -0.2) is 29.0 Å². The van der Waals surface area contributed by atoms with Crippen molar-refractivity contribution >= 4 is 27.7 Å². The van der Waals surface area contributed by atoms with Crippen LogP contribution in [0.1, 0.15) is 24.0 Å². The second-order valence-corrected chi connectivity index (χ2v) is 8.65. The Kier molecular flexibility index (Phi) is 6.43. The molecule has 1 saturated heterocycles. The van der Waals surface area contributed by atoms with Crippen molar-refractivity contribution in [3.8, 4) is 11.4 Å². The van der Waals surface area contributed by atoms with Gasteiger partial charge in [-0.3, -0.25) is 4.79 Å². The fourth-order valence-electron chi connectivity index (χ4n) is 3.70. The molecule has 2 heterocycles. The molecule has 4 rings (SSSR count). The van der Waals surface area contributed by atoms with Crippen molar-refractivity contribution in [3.05, 3.63) is 76.4 Å². The lowest BCUT2D eigenvalue weighted by atomic mass is 9.97. The van der Waals surface area contributed by atoms with Gasteiger partial charge in [0, 0.05) is 35.9 Å². The molecule has 1 amide bonds. The van der Waals surface area contributed by atoms with Gasteiger partial charge >= 0.3 is 0 Å². The van der Waals surface area contributed by atoms with Gasteiger partial charge in [-0.1, -0.05) is 57.9 Å². The van der Waals surface area contributed by atoms with Gasteiger partial charge in [0.15, 0.2) is 5.82 Å². The SMILES string of the molecule is Cc1ccc(-c2nccc(N3CCCC(C(=O)NCc4ccc(Br)cc4)C3)n2)cc1. The predicted molar refractivity (Wildman–Crippen MR) is 123 cm³/mol. The number of aryl methyl sites for hydroxylation is 1. The molecule has 6 heteroatoms. The Bertz CT molecular complexity index is 1000. The molecular weight excluding hydrogens is 440 g/mol. The molecule has 1 aliphatic rings. The molecule has 1 aromatic heterocycles. The van der Waals surface area contributed by atoms with E-state index in [2.05, 4.69) is 50.2 Å². The third-order valence-corrected chi connectivity index (χ3v) is 5.98. The molecule has 30 heavy (non-hydrogen) atoms. The highest BCUT2D eigenvalue weighted by atomic mass is 79.9. The number of anilines is 1. The molecule has 1 fully saturated rings. The molecule has 3 aromatic rings. The van der Waals surface area contributed by atoms with Gasteiger partial charge in [-0.2, -0.15) is 0 Å². The van der Waals surface area contributed by atoms with Crippen LogP contribution in [-0.2, 0) is 11.3 Å². The molecule has 0 bridgehead atoms. The van der Waals surface area contributed by atoms with Crippen molar-refractivity contribution in [2.75, 3.05) is 18.0 Å². The van der Waals surface area contributed by atoms with Crippen molar-refractivity contribution in [2.24, 2.45) is 5.92 Å². The number of halogens is 1. The van der Waals surface area contributed by atoms with Crippen molar-refractivity contribution in [1.82, 2.24) is 15.3 Å². The summed E-state index contributed by atoms with van der Waals surface area (Å²) in [6, 6.07) is 18.2. The van der Waals surface area contributed by atoms with Crippen molar-refractivity contribution in [2.45, 2.75) is 26.3 Å². The van der Waals surface area contributed by atoms with E-state index in [1.54, 1.807) is 6.20 Å². The van der Waals surface area contributed by atoms with Crippen molar-refractivity contribution in [3.63, 3.8) is 0 Å². The number of nitrogens with zero attached hydrogens (tertiary/aromatic N) is 3. The minimum absolute atomic E-state index is 0.0352. The first-order valence-electron chi connectivity index (χ1n) is 10.3. The first kappa shape index (κ1) is 20.5. The van der Waals surface area contributed by atoms with E-state index in [0.717, 1.165) is 40.8 Å². The molecule has 1 unspecified atom stereocenters. The first-order valence-corrected chi connectivity index (χ1v) is 11.0. The Labute approximate surface area is 185 Å². The van der Waals surface area contributed by atoms with Crippen LogP contribution in [0.5, 0.6) is 0 Å². The van der Waals surface area contributed by atoms with Gasteiger partial charge in [0.2, 0.25) is 5.91 Å². The van der Waals surface area contributed by atoms with Gasteiger partial charge < -0.3 is 10.2 Å². The van der Waals surface area contributed by atoms with Gasteiger partial charge in [0.1, 0.15) is 5.82 Å². The average molecular weight is 465 g/mol. The van der Waals surface area contributed by atoms with Gasteiger partial charge in [-0.25, -0.2) is 9.97 Å². The number of amides is 1. The van der Waals surface area contributed by atoms with Crippen molar-refractivity contribution < 1.29 is 4.79 Å². The summed E-state index contributed by atoms with van der Waals surface area (Å²) in [6.07, 6.45) is 3.67. The number of nitrogens with one attached hydrogen (secondary N) is 1. The Morgan fingerprint density at radius 2 is 1.90 bits per heavy atom. The van der Waals surface area contributed by atoms with Gasteiger partial charge in [-0.15, -0.1) is 0 Å². The second-order valence-electron chi connectivity index (χ2n) is 7.73. The molecule has 0 aliphatic carbocycles. The molecule has 154 valence electrons. The number of aromatic nitrogens is 2. The van der Waals surface area contributed by atoms with E-state index in [1.807, 2.05) is 42.5 Å². The van der Waals surface area contributed by atoms with Crippen LogP contribution in [0.15, 0.2) is 65.3 Å². The van der Waals surface area contributed by atoms with E-state index in [1.165, 1.54) is 5.56 Å². The summed E-state index contributed by atoms with van der Waals surface area (Å²) < 4.78 is 1.04. The summed E-state index contributed by atoms with van der Waals surface area (Å²) in [7, 11) is 0. The fraction of sp³-hybridized carbons (Fsp3) is 0.292. The molecule has 1 aliphatic heterocycles. The maximum atomic E-state index is 12.8. The Morgan fingerprint density at radius 3 is 2.67 bits per heavy atom. The summed E-state index contributed by atoms with van der Waals surface area (Å²) in [5.74, 6) is 1.67. The van der Waals surface area contributed by atoms with Gasteiger partial charge in [-0.05, 0) is 43.5 Å². The average Bonchev–Trinajstić information content (AvgIpc) is 2.79. The predicted octanol–water partition coefficient (Wildman–Crippen LogP) is 4.75. The molecule has 1 N–H and O–H groups in total. The summed E-state index contributed by atoms with van der Waals surface area (Å²) in [6.45, 7) is 4.20. The Balaban J connectivity index is 1.41. The normalized spacial score (nSPS) is 16.3. The van der Waals surface area contributed by atoms with Crippen LogP contribution in [0.4, 0.5) is 5.82 Å². The van der Waals surface area contributed by atoms with Crippen molar-refractivity contribution in [1.29, 1.82) is 0 Å². The Hall–Kier alpha value is -2.73. The number of rotatable bonds is 5. The first-order chi connectivity index (χ1) is 14.6. The van der Waals surface area contributed by atoms with Gasteiger partial charge in [0.05, 0.1) is 5.92 Å². The van der Waals surface area contributed by atoms with E-state index >= 15 is 0 Å². The van der Waals surface area contributed by atoms with Crippen LogP contribution in [0.3, 0.4) is 0 Å². The molecule has 5 nitrogen and oxygen atoms in total. The standard InChI is InChI=1S/C24H25BrN4O/c1-17-4-8-19(9-5-17)23-26-13-12-22(28-23)29-14-2-3-20(16-29)24(30)27-15-18-6-10-21(25)11-7-18/h4-13,20H,2-3,14-16H2,1H3,(H,27,30). The third-order valence-electron chi connectivity index (χ3n) is 5.45. The lowest BCUT2D eigenvalue weighted by Crippen LogP contribution is -2.43. The summed E-state index contributed by atoms with van der Waals surface area (Å²) in [4.78, 5) is 24.2. The largest absolute Gasteiger partial charge is 0.356 e. The number of hydrogen-bond acceptors (Lipinski definition) is 4. The highest BCUT2D eigenvalue weighted by molar-refractivity contribution is 9.10. The zero-order valence-corrected chi connectivity index (χ0v) is 18.6. The van der Waals surface area contributed by atoms with Crippen LogP contribution in [0, 0.1) is 12.8 Å². The third kappa shape index (κ3) is 5.05. The quantitative estimate of drug-likeness (QED) is 0.591. The van der Waals surface area contributed by atoms with Crippen LogP contribution < -0.4 is 10.2 Å². The molecule has 0 saturated carbocycles. The topological polar surface area (TPSA) is 58.1 Å². The van der Waals surface area contributed by atoms with E-state index in [4.69, 9.17) is 4.98 Å². The highest BCUT2D eigenvalue weighted by Gasteiger charge is 2.26. The lowest BCUT2D eigenvalue weighted by Gasteiger charge is -2.33. The molecular formula is C24H25BrN4O. The lowest BCUT2D eigenvalue weighted by molar-refractivity contribution is -0.125. The summed E-state index contributed by atoms with van der Waals surface area (Å²) in [5, 5.41) is 3.09. The zero-order valence-electron chi connectivity index (χ0n) is 17.0. The van der Waals surface area contributed by atoms with E-state index in [0.29, 0.717) is 18.9 Å². The molecule has 2 aromatic carbocycles. The summed E-state index contributed by atoms with van der Waals surface area (Å²) >= 11 is 3.44. The molecule has 0 spiro atoms. The van der Waals surface area contributed by atoms with E-state index in [9.17, 15) is 4.79 Å². The van der Waals surface area contributed by atoms with Crippen LogP contribution in [0.25, 0.3) is 11.4 Å². The second kappa shape index (κ2) is 9.39. The number of carbonyl (C=O) groups is 1. The maximum Gasteiger partial charge on any atom is 0.225 e. The minimum Gasteiger partial charge on any atom is -0.356 e. The molecule has 0 radical (unpaired) electrons. The minimum atomic E-state index is -0.0352. The zero-order chi connectivity index (χ0) is 20.9. The highest BCUT2D eigenvalue weighted by Crippen LogP contribution is 2.24. The fourth-order valence-corrected chi connectivity index (χ4v) is 3.97.